The summed E-state index contributed by atoms with van der Waals surface area (Å²) in [6.45, 7) is 0.0117. The zero-order valence-corrected chi connectivity index (χ0v) is 16.0. The van der Waals surface area contributed by atoms with Crippen LogP contribution in [0, 0.1) is 0 Å². The van der Waals surface area contributed by atoms with Gasteiger partial charge in [0.05, 0.1) is 42.2 Å². The van der Waals surface area contributed by atoms with Gasteiger partial charge in [0.1, 0.15) is 11.5 Å². The molecule has 0 bridgehead atoms. The van der Waals surface area contributed by atoms with Gasteiger partial charge in [-0.05, 0) is 12.1 Å². The third kappa shape index (κ3) is 3.86. The lowest BCUT2D eigenvalue weighted by molar-refractivity contribution is -0.116. The van der Waals surface area contributed by atoms with Gasteiger partial charge in [-0.1, -0.05) is 23.7 Å². The number of aromatic nitrogens is 2. The Kier molecular flexibility index (Phi) is 5.70. The summed E-state index contributed by atoms with van der Waals surface area (Å²) in [6.07, 6.45) is -0.0394. The summed E-state index contributed by atoms with van der Waals surface area (Å²) in [5, 5.41) is 6.15. The highest BCUT2D eigenvalue weighted by atomic mass is 35.5. The van der Waals surface area contributed by atoms with Crippen LogP contribution in [0.3, 0.4) is 0 Å². The molecule has 0 radical (unpaired) electrons. The van der Waals surface area contributed by atoms with Gasteiger partial charge in [-0.15, -0.1) is 0 Å². The lowest BCUT2D eigenvalue weighted by Gasteiger charge is -2.13. The van der Waals surface area contributed by atoms with E-state index in [1.165, 1.54) is 20.3 Å². The number of halogens is 1. The van der Waals surface area contributed by atoms with Crippen LogP contribution in [-0.2, 0) is 11.3 Å². The maximum Gasteiger partial charge on any atom is 0.273 e. The Balaban J connectivity index is 1.79. The van der Waals surface area contributed by atoms with E-state index >= 15 is 0 Å². The average Bonchev–Trinajstić information content (AvgIpc) is 2.70. The molecule has 0 aliphatic heterocycles. The van der Waals surface area contributed by atoms with E-state index < -0.39 is 0 Å². The fraction of sp³-hybridized carbons (Fsp3) is 0.211. The fourth-order valence-electron chi connectivity index (χ4n) is 2.79. The zero-order valence-electron chi connectivity index (χ0n) is 15.2. The zero-order chi connectivity index (χ0) is 20.3. The lowest BCUT2D eigenvalue weighted by Crippen LogP contribution is -2.31. The summed E-state index contributed by atoms with van der Waals surface area (Å²) in [7, 11) is 2.91. The van der Waals surface area contributed by atoms with Crippen LogP contribution in [0.4, 0.5) is 5.69 Å². The summed E-state index contributed by atoms with van der Waals surface area (Å²) in [4.78, 5) is 36.9. The SMILES string of the molecule is COc1cc(NC(=O)CCn2[nH]c(=O)c3ccccc3c2=O)c(OC)cc1Cl. The third-order valence-electron chi connectivity index (χ3n) is 4.19. The first-order chi connectivity index (χ1) is 13.4. The van der Waals surface area contributed by atoms with Gasteiger partial charge in [-0.3, -0.25) is 19.5 Å². The molecule has 0 aliphatic carbocycles. The van der Waals surface area contributed by atoms with Crippen molar-refractivity contribution in [1.29, 1.82) is 0 Å². The molecule has 0 spiro atoms. The van der Waals surface area contributed by atoms with Gasteiger partial charge in [0, 0.05) is 18.6 Å². The molecule has 8 nitrogen and oxygen atoms in total. The average molecular weight is 404 g/mol. The quantitative estimate of drug-likeness (QED) is 0.658. The molecule has 3 aromatic rings. The summed E-state index contributed by atoms with van der Waals surface area (Å²) < 4.78 is 11.5. The number of aromatic amines is 1. The number of carbonyl (C=O) groups excluding carboxylic acids is 1. The van der Waals surface area contributed by atoms with Crippen molar-refractivity contribution in [3.63, 3.8) is 0 Å². The molecule has 2 aromatic carbocycles. The second-order valence-electron chi connectivity index (χ2n) is 5.93. The minimum absolute atomic E-state index is 0.0117. The van der Waals surface area contributed by atoms with Crippen molar-refractivity contribution in [3.8, 4) is 11.5 Å². The molecule has 0 saturated heterocycles. The molecule has 2 N–H and O–H groups in total. The first-order valence-corrected chi connectivity index (χ1v) is 8.75. The highest BCUT2D eigenvalue weighted by Crippen LogP contribution is 2.35. The van der Waals surface area contributed by atoms with E-state index in [1.807, 2.05) is 0 Å². The van der Waals surface area contributed by atoms with Gasteiger partial charge in [-0.2, -0.15) is 0 Å². The van der Waals surface area contributed by atoms with Crippen molar-refractivity contribution in [3.05, 3.63) is 62.1 Å². The van der Waals surface area contributed by atoms with Gasteiger partial charge in [0.25, 0.3) is 11.1 Å². The predicted octanol–water partition coefficient (Wildman–Crippen LogP) is 2.39. The van der Waals surface area contributed by atoms with E-state index in [1.54, 1.807) is 30.3 Å². The number of ether oxygens (including phenoxy) is 2. The topological polar surface area (TPSA) is 102 Å². The smallest absolute Gasteiger partial charge is 0.273 e. The van der Waals surface area contributed by atoms with Crippen molar-refractivity contribution in [2.45, 2.75) is 13.0 Å². The van der Waals surface area contributed by atoms with Crippen LogP contribution in [0.2, 0.25) is 5.02 Å². The van der Waals surface area contributed by atoms with Crippen molar-refractivity contribution in [1.82, 2.24) is 9.78 Å². The minimum atomic E-state index is -0.389. The summed E-state index contributed by atoms with van der Waals surface area (Å²) >= 11 is 6.05. The summed E-state index contributed by atoms with van der Waals surface area (Å²) in [5.74, 6) is 0.381. The first kappa shape index (κ1) is 19.5. The minimum Gasteiger partial charge on any atom is -0.495 e. The van der Waals surface area contributed by atoms with Gasteiger partial charge in [0.15, 0.2) is 0 Å². The lowest BCUT2D eigenvalue weighted by atomic mass is 10.2. The van der Waals surface area contributed by atoms with E-state index in [0.717, 1.165) is 4.68 Å². The number of nitrogens with one attached hydrogen (secondary N) is 2. The van der Waals surface area contributed by atoms with Crippen LogP contribution in [0.25, 0.3) is 10.8 Å². The van der Waals surface area contributed by atoms with Crippen LogP contribution in [0.1, 0.15) is 6.42 Å². The number of rotatable bonds is 6. The molecule has 0 aliphatic rings. The fourth-order valence-corrected chi connectivity index (χ4v) is 3.02. The maximum absolute atomic E-state index is 12.5. The monoisotopic (exact) mass is 403 g/mol. The van der Waals surface area contributed by atoms with Crippen molar-refractivity contribution < 1.29 is 14.3 Å². The number of hydrogen-bond acceptors (Lipinski definition) is 5. The molecule has 1 amide bonds. The third-order valence-corrected chi connectivity index (χ3v) is 4.49. The van der Waals surface area contributed by atoms with Gasteiger partial charge < -0.3 is 14.8 Å². The Morgan fingerprint density at radius 1 is 1.11 bits per heavy atom. The van der Waals surface area contributed by atoms with Crippen LogP contribution in [0.15, 0.2) is 46.0 Å². The molecule has 3 rings (SSSR count). The Hall–Kier alpha value is -3.26. The molecule has 9 heteroatoms. The standard InChI is InChI=1S/C19H18ClN3O5/c1-27-15-10-14(16(28-2)9-13(15)20)21-17(24)7-8-23-19(26)12-6-4-3-5-11(12)18(25)22-23/h3-6,9-10H,7-8H2,1-2H3,(H,21,24)(H,22,25). The molecule has 0 unspecified atom stereocenters. The Labute approximate surface area is 164 Å². The molecular formula is C19H18ClN3O5. The molecule has 0 saturated carbocycles. The van der Waals surface area contributed by atoms with E-state index in [2.05, 4.69) is 10.4 Å². The molecular weight excluding hydrogens is 386 g/mol. The van der Waals surface area contributed by atoms with Crippen LogP contribution in [0.5, 0.6) is 11.5 Å². The Morgan fingerprint density at radius 3 is 2.46 bits per heavy atom. The maximum atomic E-state index is 12.5. The van der Waals surface area contributed by atoms with E-state index in [-0.39, 0.29) is 30.0 Å². The van der Waals surface area contributed by atoms with Gasteiger partial charge in [-0.25, -0.2) is 4.68 Å². The summed E-state index contributed by atoms with van der Waals surface area (Å²) in [5.41, 5.74) is -0.374. The Bertz CT molecular complexity index is 1150. The molecule has 28 heavy (non-hydrogen) atoms. The van der Waals surface area contributed by atoms with E-state index in [9.17, 15) is 14.4 Å². The van der Waals surface area contributed by atoms with Crippen LogP contribution in [-0.4, -0.2) is 29.9 Å². The predicted molar refractivity (Wildman–Crippen MR) is 107 cm³/mol. The number of carbonyl (C=O) groups is 1. The number of amides is 1. The normalized spacial score (nSPS) is 10.7. The number of nitrogens with zero attached hydrogens (tertiary/aromatic N) is 1. The van der Waals surface area contributed by atoms with Crippen molar-refractivity contribution in [2.75, 3.05) is 19.5 Å². The molecule has 0 fully saturated rings. The van der Waals surface area contributed by atoms with Gasteiger partial charge in [0.2, 0.25) is 5.91 Å². The molecule has 146 valence electrons. The number of aryl methyl sites for hydroxylation is 1. The highest BCUT2D eigenvalue weighted by Gasteiger charge is 2.13. The first-order valence-electron chi connectivity index (χ1n) is 8.38. The van der Waals surface area contributed by atoms with Gasteiger partial charge >= 0.3 is 0 Å². The van der Waals surface area contributed by atoms with Crippen LogP contribution < -0.4 is 25.9 Å². The highest BCUT2D eigenvalue weighted by molar-refractivity contribution is 6.32. The molecule has 1 aromatic heterocycles. The number of fused-ring (bicyclic) bond motifs is 1. The van der Waals surface area contributed by atoms with Crippen LogP contribution >= 0.6 is 11.6 Å². The number of anilines is 1. The van der Waals surface area contributed by atoms with Crippen molar-refractivity contribution in [2.24, 2.45) is 0 Å². The second kappa shape index (κ2) is 8.18. The second-order valence-corrected chi connectivity index (χ2v) is 6.34. The van der Waals surface area contributed by atoms with E-state index in [4.69, 9.17) is 21.1 Å². The largest absolute Gasteiger partial charge is 0.495 e. The number of methoxy groups -OCH3 is 2. The molecule has 0 atom stereocenters. The number of hydrogen-bond donors (Lipinski definition) is 2. The van der Waals surface area contributed by atoms with Crippen molar-refractivity contribution >= 4 is 34.0 Å². The number of benzene rings is 2. The molecule has 1 heterocycles. The van der Waals surface area contributed by atoms with E-state index in [0.29, 0.717) is 33.0 Å². The summed E-state index contributed by atoms with van der Waals surface area (Å²) in [6, 6.07) is 9.59. The number of H-pyrrole nitrogens is 1. The Morgan fingerprint density at radius 2 is 1.79 bits per heavy atom.